The van der Waals surface area contributed by atoms with Crippen LogP contribution in [0.1, 0.15) is 32.1 Å². The SMILES string of the molecule is [CH]1C/C=C\C=C\C/C=C\CCC1. The summed E-state index contributed by atoms with van der Waals surface area (Å²) in [6.45, 7) is 0. The third-order valence-electron chi connectivity index (χ3n) is 1.90. The molecule has 0 aromatic heterocycles. The first kappa shape index (κ1) is 9.31. The summed E-state index contributed by atoms with van der Waals surface area (Å²) in [5, 5.41) is 0. The third-order valence-corrected chi connectivity index (χ3v) is 1.90. The van der Waals surface area contributed by atoms with E-state index in [9.17, 15) is 0 Å². The molecule has 0 aromatic carbocycles. The quantitative estimate of drug-likeness (QED) is 0.474. The van der Waals surface area contributed by atoms with E-state index in [0.29, 0.717) is 0 Å². The summed E-state index contributed by atoms with van der Waals surface area (Å²) >= 11 is 0. The zero-order valence-electron chi connectivity index (χ0n) is 7.58. The summed E-state index contributed by atoms with van der Waals surface area (Å²) in [5.41, 5.74) is 0. The van der Waals surface area contributed by atoms with E-state index in [1.807, 2.05) is 0 Å². The van der Waals surface area contributed by atoms with E-state index >= 15 is 0 Å². The fourth-order valence-electron chi connectivity index (χ4n) is 1.20. The van der Waals surface area contributed by atoms with Gasteiger partial charge in [0.05, 0.1) is 0 Å². The van der Waals surface area contributed by atoms with E-state index in [0.717, 1.165) is 12.8 Å². The molecule has 12 heavy (non-hydrogen) atoms. The van der Waals surface area contributed by atoms with E-state index < -0.39 is 0 Å². The summed E-state index contributed by atoms with van der Waals surface area (Å²) in [4.78, 5) is 0. The molecule has 0 amide bonds. The summed E-state index contributed by atoms with van der Waals surface area (Å²) in [7, 11) is 0. The van der Waals surface area contributed by atoms with Gasteiger partial charge in [-0.05, 0) is 38.5 Å². The van der Waals surface area contributed by atoms with Crippen LogP contribution in [0.2, 0.25) is 0 Å². The van der Waals surface area contributed by atoms with Gasteiger partial charge < -0.3 is 0 Å². The van der Waals surface area contributed by atoms with Crippen molar-refractivity contribution in [2.75, 3.05) is 0 Å². The van der Waals surface area contributed by atoms with Crippen LogP contribution in [-0.4, -0.2) is 0 Å². The van der Waals surface area contributed by atoms with Crippen molar-refractivity contribution in [1.82, 2.24) is 0 Å². The lowest BCUT2D eigenvalue weighted by Gasteiger charge is -1.95. The summed E-state index contributed by atoms with van der Waals surface area (Å²) < 4.78 is 0. The first-order chi connectivity index (χ1) is 6.00. The van der Waals surface area contributed by atoms with Crippen molar-refractivity contribution in [3.8, 4) is 0 Å². The molecule has 0 spiro atoms. The second kappa shape index (κ2) is 6.90. The van der Waals surface area contributed by atoms with Crippen molar-refractivity contribution in [1.29, 1.82) is 0 Å². The number of hydrogen-bond acceptors (Lipinski definition) is 0. The Morgan fingerprint density at radius 3 is 2.42 bits per heavy atom. The largest absolute Gasteiger partial charge is 0.0882 e. The molecule has 1 radical (unpaired) electrons. The van der Waals surface area contributed by atoms with Crippen LogP contribution >= 0.6 is 0 Å². The average molecular weight is 161 g/mol. The lowest BCUT2D eigenvalue weighted by molar-refractivity contribution is 0.809. The molecular formula is C12H17. The van der Waals surface area contributed by atoms with Crippen molar-refractivity contribution >= 4 is 0 Å². The van der Waals surface area contributed by atoms with Gasteiger partial charge >= 0.3 is 0 Å². The van der Waals surface area contributed by atoms with Crippen molar-refractivity contribution < 1.29 is 0 Å². The Morgan fingerprint density at radius 2 is 1.50 bits per heavy atom. The fourth-order valence-corrected chi connectivity index (χ4v) is 1.20. The Morgan fingerprint density at radius 1 is 0.667 bits per heavy atom. The molecule has 65 valence electrons. The Hall–Kier alpha value is -0.780. The standard InChI is InChI=1S/C12H17/c1-2-4-6-8-10-12-11-9-7-5-3-1/h1-4,7-9H,5-6,10-12H2/b3-1+,4-2-,9-7-. The molecule has 0 bridgehead atoms. The van der Waals surface area contributed by atoms with E-state index in [-0.39, 0.29) is 0 Å². The lowest BCUT2D eigenvalue weighted by atomic mass is 10.1. The second-order valence-corrected chi connectivity index (χ2v) is 3.02. The van der Waals surface area contributed by atoms with Crippen LogP contribution in [0.15, 0.2) is 36.5 Å². The maximum atomic E-state index is 2.35. The molecule has 0 N–H and O–H groups in total. The Balaban J connectivity index is 2.31. The Bertz CT molecular complexity index is 172. The van der Waals surface area contributed by atoms with Crippen LogP contribution in [0, 0.1) is 6.42 Å². The summed E-state index contributed by atoms with van der Waals surface area (Å²) in [6, 6.07) is 0. The molecule has 0 fully saturated rings. The van der Waals surface area contributed by atoms with Gasteiger partial charge in [-0.3, -0.25) is 0 Å². The van der Waals surface area contributed by atoms with E-state index in [2.05, 4.69) is 42.9 Å². The van der Waals surface area contributed by atoms with Crippen LogP contribution in [0.4, 0.5) is 0 Å². The highest BCUT2D eigenvalue weighted by Crippen LogP contribution is 2.04. The maximum Gasteiger partial charge on any atom is -0.0166 e. The molecule has 0 unspecified atom stereocenters. The molecule has 1 aliphatic rings. The first-order valence-corrected chi connectivity index (χ1v) is 4.78. The minimum atomic E-state index is 1.08. The van der Waals surface area contributed by atoms with Crippen LogP contribution < -0.4 is 0 Å². The van der Waals surface area contributed by atoms with E-state index in [1.165, 1.54) is 19.3 Å². The van der Waals surface area contributed by atoms with Crippen LogP contribution in [0.5, 0.6) is 0 Å². The molecule has 0 heterocycles. The highest BCUT2D eigenvalue weighted by molar-refractivity contribution is 5.06. The molecule has 0 heteroatoms. The fraction of sp³-hybridized carbons (Fsp3) is 0.417. The number of allylic oxidation sites excluding steroid dienone is 6. The highest BCUT2D eigenvalue weighted by atomic mass is 13.9. The van der Waals surface area contributed by atoms with Crippen molar-refractivity contribution in [2.24, 2.45) is 0 Å². The zero-order chi connectivity index (χ0) is 8.49. The van der Waals surface area contributed by atoms with E-state index in [4.69, 9.17) is 0 Å². The molecular weight excluding hydrogens is 144 g/mol. The summed E-state index contributed by atoms with van der Waals surface area (Å²) in [6.07, 6.45) is 21.5. The second-order valence-electron chi connectivity index (χ2n) is 3.02. The minimum absolute atomic E-state index is 1.08. The van der Waals surface area contributed by atoms with Crippen molar-refractivity contribution in [3.63, 3.8) is 0 Å². The van der Waals surface area contributed by atoms with Gasteiger partial charge in [0.2, 0.25) is 0 Å². The minimum Gasteiger partial charge on any atom is -0.0882 e. The number of hydrogen-bond donors (Lipinski definition) is 0. The smallest absolute Gasteiger partial charge is 0.0166 e. The Kier molecular flexibility index (Phi) is 5.35. The highest BCUT2D eigenvalue weighted by Gasteiger charge is 1.86. The molecule has 0 saturated carbocycles. The first-order valence-electron chi connectivity index (χ1n) is 4.78. The number of rotatable bonds is 0. The zero-order valence-corrected chi connectivity index (χ0v) is 7.58. The van der Waals surface area contributed by atoms with Gasteiger partial charge in [-0.1, -0.05) is 36.5 Å². The lowest BCUT2D eigenvalue weighted by Crippen LogP contribution is -1.76. The molecule has 0 aromatic rings. The van der Waals surface area contributed by atoms with Crippen molar-refractivity contribution in [2.45, 2.75) is 32.1 Å². The predicted octanol–water partition coefficient (Wildman–Crippen LogP) is 3.82. The van der Waals surface area contributed by atoms with Crippen LogP contribution in [-0.2, 0) is 0 Å². The van der Waals surface area contributed by atoms with Crippen LogP contribution in [0.25, 0.3) is 0 Å². The van der Waals surface area contributed by atoms with Gasteiger partial charge in [0.25, 0.3) is 0 Å². The van der Waals surface area contributed by atoms with Gasteiger partial charge in [0.1, 0.15) is 0 Å². The average Bonchev–Trinajstić information content (AvgIpc) is 2.05. The molecule has 0 nitrogen and oxygen atoms in total. The molecule has 0 saturated heterocycles. The topological polar surface area (TPSA) is 0 Å². The van der Waals surface area contributed by atoms with Gasteiger partial charge in [-0.25, -0.2) is 0 Å². The molecule has 0 atom stereocenters. The van der Waals surface area contributed by atoms with Gasteiger partial charge in [-0.2, -0.15) is 0 Å². The van der Waals surface area contributed by atoms with Crippen molar-refractivity contribution in [3.05, 3.63) is 42.9 Å². The van der Waals surface area contributed by atoms with Gasteiger partial charge in [-0.15, -0.1) is 0 Å². The van der Waals surface area contributed by atoms with Gasteiger partial charge in [0, 0.05) is 0 Å². The Labute approximate surface area is 75.7 Å². The summed E-state index contributed by atoms with van der Waals surface area (Å²) in [5.74, 6) is 0. The van der Waals surface area contributed by atoms with Crippen LogP contribution in [0.3, 0.4) is 0 Å². The predicted molar refractivity (Wildman–Crippen MR) is 54.8 cm³/mol. The van der Waals surface area contributed by atoms with Gasteiger partial charge in [0.15, 0.2) is 0 Å². The molecule has 1 rings (SSSR count). The van der Waals surface area contributed by atoms with E-state index in [1.54, 1.807) is 0 Å². The third kappa shape index (κ3) is 4.95. The monoisotopic (exact) mass is 161 g/mol. The normalized spacial score (nSPS) is 28.0. The molecule has 0 aliphatic heterocycles. The molecule has 1 aliphatic carbocycles. The maximum absolute atomic E-state index is 2.35.